The van der Waals surface area contributed by atoms with Crippen molar-refractivity contribution in [1.29, 1.82) is 0 Å². The average Bonchev–Trinajstić information content (AvgIpc) is 2.66. The molecule has 0 unspecified atom stereocenters. The third kappa shape index (κ3) is 3.72. The van der Waals surface area contributed by atoms with Crippen molar-refractivity contribution in [3.8, 4) is 0 Å². The van der Waals surface area contributed by atoms with Crippen molar-refractivity contribution in [2.45, 2.75) is 32.2 Å². The first-order valence-electron chi connectivity index (χ1n) is 6.05. The van der Waals surface area contributed by atoms with Crippen molar-refractivity contribution in [1.82, 2.24) is 0 Å². The fourth-order valence-electron chi connectivity index (χ4n) is 1.95. The third-order valence-corrected chi connectivity index (χ3v) is 3.08. The van der Waals surface area contributed by atoms with E-state index < -0.39 is 11.7 Å². The third-order valence-electron chi connectivity index (χ3n) is 2.81. The molecule has 19 heavy (non-hydrogen) atoms. The lowest BCUT2D eigenvalue weighted by atomic mass is 10.0. The molecular weight excluding hydrogens is 270 g/mol. The van der Waals surface area contributed by atoms with Gasteiger partial charge in [0.1, 0.15) is 18.5 Å². The van der Waals surface area contributed by atoms with Crippen LogP contribution in [0.3, 0.4) is 0 Å². The Morgan fingerprint density at radius 3 is 2.95 bits per heavy atom. The molecule has 2 aliphatic rings. The van der Waals surface area contributed by atoms with Crippen LogP contribution in [0.25, 0.3) is 0 Å². The normalized spacial score (nSPS) is 26.3. The molecule has 1 aliphatic carbocycles. The molecule has 0 spiro atoms. The molecule has 0 aromatic heterocycles. The lowest BCUT2D eigenvalue weighted by molar-refractivity contribution is -0.143. The van der Waals surface area contributed by atoms with E-state index in [2.05, 4.69) is 0 Å². The lowest BCUT2D eigenvalue weighted by Gasteiger charge is -2.19. The number of nitrogens with two attached hydrogens (primary N) is 1. The minimum absolute atomic E-state index is 0.175. The second kappa shape index (κ2) is 5.53. The standard InChI is InChI=1S/C13H17ClNO4/c1-13(2)18-7-9(19-13)6-17-11-5-8(14)3-4-10(11)12(15)16/h4-5,9H,3,6-7H2,1-2H3,(H2,15,16)/t9-/m0/s1. The highest BCUT2D eigenvalue weighted by Crippen LogP contribution is 2.27. The van der Waals surface area contributed by atoms with E-state index in [-0.39, 0.29) is 12.7 Å². The van der Waals surface area contributed by atoms with E-state index in [0.29, 0.717) is 29.4 Å². The van der Waals surface area contributed by atoms with Gasteiger partial charge in [-0.3, -0.25) is 4.79 Å². The molecule has 1 saturated heterocycles. The van der Waals surface area contributed by atoms with Crippen LogP contribution in [0.2, 0.25) is 0 Å². The van der Waals surface area contributed by atoms with Gasteiger partial charge in [0.15, 0.2) is 5.79 Å². The highest BCUT2D eigenvalue weighted by atomic mass is 35.5. The molecule has 2 rings (SSSR count). The van der Waals surface area contributed by atoms with Gasteiger partial charge in [-0.15, -0.1) is 0 Å². The summed E-state index contributed by atoms with van der Waals surface area (Å²) in [7, 11) is 0. The molecule has 2 N–H and O–H groups in total. The number of halogens is 1. The van der Waals surface area contributed by atoms with E-state index in [1.165, 1.54) is 0 Å². The van der Waals surface area contributed by atoms with Crippen LogP contribution in [-0.4, -0.2) is 31.0 Å². The van der Waals surface area contributed by atoms with Crippen molar-refractivity contribution < 1.29 is 19.0 Å². The van der Waals surface area contributed by atoms with E-state index >= 15 is 0 Å². The molecule has 105 valence electrons. The summed E-state index contributed by atoms with van der Waals surface area (Å²) in [5, 5.41) is 0.601. The summed E-state index contributed by atoms with van der Waals surface area (Å²) in [5.74, 6) is -0.738. The highest BCUT2D eigenvalue weighted by molar-refractivity contribution is 6.30. The quantitative estimate of drug-likeness (QED) is 0.852. The maximum absolute atomic E-state index is 11.3. The zero-order valence-electron chi connectivity index (χ0n) is 10.9. The summed E-state index contributed by atoms with van der Waals surface area (Å²) >= 11 is 5.93. The Balaban J connectivity index is 1.99. The number of carbonyl (C=O) groups excluding carboxylic acids is 1. The Kier molecular flexibility index (Phi) is 4.18. The average molecular weight is 287 g/mol. The summed E-state index contributed by atoms with van der Waals surface area (Å²) < 4.78 is 16.6. The van der Waals surface area contributed by atoms with Crippen LogP contribution in [0, 0.1) is 6.42 Å². The van der Waals surface area contributed by atoms with Gasteiger partial charge in [0.2, 0.25) is 5.91 Å². The van der Waals surface area contributed by atoms with Crippen molar-refractivity contribution in [3.05, 3.63) is 28.9 Å². The molecule has 0 aromatic carbocycles. The molecule has 1 amide bonds. The number of primary amides is 1. The molecule has 0 aromatic rings. The van der Waals surface area contributed by atoms with Gasteiger partial charge < -0.3 is 19.9 Å². The highest BCUT2D eigenvalue weighted by Gasteiger charge is 2.33. The molecule has 1 fully saturated rings. The molecule has 0 bridgehead atoms. The first-order chi connectivity index (χ1) is 8.87. The first-order valence-corrected chi connectivity index (χ1v) is 6.43. The Morgan fingerprint density at radius 2 is 2.37 bits per heavy atom. The van der Waals surface area contributed by atoms with Gasteiger partial charge in [-0.05, 0) is 26.3 Å². The lowest BCUT2D eigenvalue weighted by Crippen LogP contribution is -2.25. The van der Waals surface area contributed by atoms with Crippen molar-refractivity contribution in [3.63, 3.8) is 0 Å². The summed E-state index contributed by atoms with van der Waals surface area (Å²) in [6, 6.07) is 0. The monoisotopic (exact) mass is 286 g/mol. The first kappa shape index (κ1) is 14.4. The SMILES string of the molecule is CC1(C)OC[C@H](COC2=C(C(N)=O)[CH]CC(Cl)=C2)O1. The molecule has 5 nitrogen and oxygen atoms in total. The maximum Gasteiger partial charge on any atom is 0.248 e. The van der Waals surface area contributed by atoms with Crippen LogP contribution >= 0.6 is 11.6 Å². The zero-order valence-corrected chi connectivity index (χ0v) is 11.7. The largest absolute Gasteiger partial charge is 0.490 e. The molecule has 1 atom stereocenters. The topological polar surface area (TPSA) is 70.8 Å². The Morgan fingerprint density at radius 1 is 1.63 bits per heavy atom. The number of ether oxygens (including phenoxy) is 3. The molecule has 1 heterocycles. The van der Waals surface area contributed by atoms with E-state index in [1.54, 1.807) is 12.5 Å². The van der Waals surface area contributed by atoms with Crippen LogP contribution in [0.15, 0.2) is 22.4 Å². The summed E-state index contributed by atoms with van der Waals surface area (Å²) in [6.45, 7) is 4.41. The van der Waals surface area contributed by atoms with Gasteiger partial charge in [-0.2, -0.15) is 0 Å². The summed E-state index contributed by atoms with van der Waals surface area (Å²) in [6.07, 6.45) is 3.59. The van der Waals surface area contributed by atoms with Gasteiger partial charge in [0.05, 0.1) is 12.2 Å². The summed E-state index contributed by atoms with van der Waals surface area (Å²) in [4.78, 5) is 11.3. The minimum Gasteiger partial charge on any atom is -0.490 e. The summed E-state index contributed by atoms with van der Waals surface area (Å²) in [5.41, 5.74) is 5.64. The number of allylic oxidation sites excluding steroid dienone is 2. The van der Waals surface area contributed by atoms with Crippen molar-refractivity contribution in [2.75, 3.05) is 13.2 Å². The van der Waals surface area contributed by atoms with E-state index in [0.717, 1.165) is 0 Å². The molecule has 0 saturated carbocycles. The van der Waals surface area contributed by atoms with Gasteiger partial charge in [0, 0.05) is 11.5 Å². The van der Waals surface area contributed by atoms with Crippen LogP contribution < -0.4 is 5.73 Å². The molecule has 6 heteroatoms. The number of rotatable bonds is 4. The van der Waals surface area contributed by atoms with E-state index in [1.807, 2.05) is 13.8 Å². The van der Waals surface area contributed by atoms with Crippen LogP contribution in [0.1, 0.15) is 20.3 Å². The van der Waals surface area contributed by atoms with E-state index in [9.17, 15) is 4.79 Å². The van der Waals surface area contributed by atoms with Crippen LogP contribution in [0.5, 0.6) is 0 Å². The molecule has 1 aliphatic heterocycles. The zero-order chi connectivity index (χ0) is 14.0. The van der Waals surface area contributed by atoms with E-state index in [4.69, 9.17) is 31.5 Å². The Bertz CT molecular complexity index is 442. The van der Waals surface area contributed by atoms with Gasteiger partial charge in [-0.25, -0.2) is 0 Å². The maximum atomic E-state index is 11.3. The van der Waals surface area contributed by atoms with Gasteiger partial charge in [-0.1, -0.05) is 11.6 Å². The predicted octanol–water partition coefficient (Wildman–Crippen LogP) is 1.62. The smallest absolute Gasteiger partial charge is 0.248 e. The van der Waals surface area contributed by atoms with Crippen LogP contribution in [0.4, 0.5) is 0 Å². The number of carbonyl (C=O) groups is 1. The molecular formula is C13H17ClNO4. The number of hydrogen-bond acceptors (Lipinski definition) is 4. The van der Waals surface area contributed by atoms with Crippen molar-refractivity contribution in [2.24, 2.45) is 5.73 Å². The second-order valence-corrected chi connectivity index (χ2v) is 5.39. The predicted molar refractivity (Wildman–Crippen MR) is 69.9 cm³/mol. The fourth-order valence-corrected chi connectivity index (χ4v) is 2.12. The Hall–Kier alpha value is -1.04. The van der Waals surface area contributed by atoms with Crippen molar-refractivity contribution >= 4 is 17.5 Å². The molecule has 1 radical (unpaired) electrons. The van der Waals surface area contributed by atoms with Crippen LogP contribution in [-0.2, 0) is 19.0 Å². The van der Waals surface area contributed by atoms with Gasteiger partial charge >= 0.3 is 0 Å². The number of amides is 1. The fraction of sp³-hybridized carbons (Fsp3) is 0.538. The minimum atomic E-state index is -0.596. The number of hydrogen-bond donors (Lipinski definition) is 1. The van der Waals surface area contributed by atoms with Gasteiger partial charge in [0.25, 0.3) is 0 Å². The Labute approximate surface area is 117 Å². The second-order valence-electron chi connectivity index (χ2n) is 4.90.